The van der Waals surface area contributed by atoms with E-state index >= 15 is 0 Å². The molecule has 0 saturated carbocycles. The maximum atomic E-state index is 3.51. The summed E-state index contributed by atoms with van der Waals surface area (Å²) in [5.74, 6) is 1.79. The van der Waals surface area contributed by atoms with Crippen molar-refractivity contribution >= 4 is 15.9 Å². The third-order valence-electron chi connectivity index (χ3n) is 2.51. The predicted molar refractivity (Wildman–Crippen MR) is 57.8 cm³/mol. The highest BCUT2D eigenvalue weighted by atomic mass is 79.9. The highest BCUT2D eigenvalue weighted by Gasteiger charge is 2.21. The molecule has 0 amide bonds. The molecule has 0 aromatic carbocycles. The van der Waals surface area contributed by atoms with E-state index in [0.717, 1.165) is 11.8 Å². The van der Waals surface area contributed by atoms with Gasteiger partial charge in [-0.3, -0.25) is 0 Å². The molecular weight excluding hydrogens is 214 g/mol. The quantitative estimate of drug-likeness (QED) is 0.676. The molecule has 0 spiro atoms. The van der Waals surface area contributed by atoms with Crippen molar-refractivity contribution in [2.45, 2.75) is 26.7 Å². The molecule has 1 rings (SSSR count). The van der Waals surface area contributed by atoms with E-state index in [0.29, 0.717) is 0 Å². The van der Waals surface area contributed by atoms with Gasteiger partial charge in [-0.1, -0.05) is 29.8 Å². The molecule has 1 unspecified atom stereocenters. The minimum absolute atomic E-state index is 0.827. The van der Waals surface area contributed by atoms with Gasteiger partial charge in [0.15, 0.2) is 0 Å². The second-order valence-corrected chi connectivity index (χ2v) is 5.08. The van der Waals surface area contributed by atoms with Crippen molar-refractivity contribution in [3.05, 3.63) is 0 Å². The SMILES string of the molecule is CC(C)CN1CCC(CCBr)C1. The Hall–Kier alpha value is 0.440. The Morgan fingerprint density at radius 1 is 1.50 bits per heavy atom. The molecule has 0 N–H and O–H groups in total. The number of hydrogen-bond donors (Lipinski definition) is 0. The number of nitrogens with zero attached hydrogens (tertiary/aromatic N) is 1. The Kier molecular flexibility index (Phi) is 4.59. The van der Waals surface area contributed by atoms with Crippen molar-refractivity contribution in [2.24, 2.45) is 11.8 Å². The summed E-state index contributed by atoms with van der Waals surface area (Å²) in [6.45, 7) is 8.56. The summed E-state index contributed by atoms with van der Waals surface area (Å²) in [7, 11) is 0. The predicted octanol–water partition coefficient (Wildman–Crippen LogP) is 2.75. The molecule has 1 saturated heterocycles. The third-order valence-corrected chi connectivity index (χ3v) is 2.97. The van der Waals surface area contributed by atoms with Gasteiger partial charge < -0.3 is 4.90 Å². The van der Waals surface area contributed by atoms with Crippen LogP contribution >= 0.6 is 15.9 Å². The van der Waals surface area contributed by atoms with Crippen molar-refractivity contribution < 1.29 is 0 Å². The third kappa shape index (κ3) is 3.44. The van der Waals surface area contributed by atoms with Crippen LogP contribution in [-0.4, -0.2) is 29.9 Å². The van der Waals surface area contributed by atoms with E-state index in [1.807, 2.05) is 0 Å². The van der Waals surface area contributed by atoms with Crippen LogP contribution in [0.2, 0.25) is 0 Å². The minimum atomic E-state index is 0.827. The smallest absolute Gasteiger partial charge is 0.00344 e. The molecule has 0 aromatic rings. The molecule has 1 fully saturated rings. The highest BCUT2D eigenvalue weighted by Crippen LogP contribution is 2.20. The normalized spacial score (nSPS) is 25.5. The van der Waals surface area contributed by atoms with Gasteiger partial charge in [0.25, 0.3) is 0 Å². The van der Waals surface area contributed by atoms with Crippen molar-refractivity contribution in [3.8, 4) is 0 Å². The monoisotopic (exact) mass is 233 g/mol. The number of likely N-dealkylation sites (tertiary alicyclic amines) is 1. The van der Waals surface area contributed by atoms with Crippen LogP contribution in [0, 0.1) is 11.8 Å². The molecule has 0 bridgehead atoms. The first kappa shape index (κ1) is 10.5. The maximum Gasteiger partial charge on any atom is 0.00344 e. The van der Waals surface area contributed by atoms with Crippen molar-refractivity contribution in [1.82, 2.24) is 4.90 Å². The van der Waals surface area contributed by atoms with E-state index < -0.39 is 0 Å². The van der Waals surface area contributed by atoms with Crippen LogP contribution in [0.4, 0.5) is 0 Å². The minimum Gasteiger partial charge on any atom is -0.303 e. The van der Waals surface area contributed by atoms with Gasteiger partial charge in [0.2, 0.25) is 0 Å². The topological polar surface area (TPSA) is 3.24 Å². The van der Waals surface area contributed by atoms with Crippen LogP contribution in [0.25, 0.3) is 0 Å². The molecule has 1 aliphatic heterocycles. The Labute approximate surface area is 84.6 Å². The van der Waals surface area contributed by atoms with Crippen molar-refractivity contribution in [1.29, 1.82) is 0 Å². The van der Waals surface area contributed by atoms with Crippen LogP contribution in [0.1, 0.15) is 26.7 Å². The van der Waals surface area contributed by atoms with Gasteiger partial charge in [-0.15, -0.1) is 0 Å². The fourth-order valence-corrected chi connectivity index (χ4v) is 2.63. The van der Waals surface area contributed by atoms with E-state index in [4.69, 9.17) is 0 Å². The lowest BCUT2D eigenvalue weighted by atomic mass is 10.1. The lowest BCUT2D eigenvalue weighted by Crippen LogP contribution is -2.25. The Morgan fingerprint density at radius 2 is 2.25 bits per heavy atom. The summed E-state index contributed by atoms with van der Waals surface area (Å²) in [5, 5.41) is 1.17. The summed E-state index contributed by atoms with van der Waals surface area (Å²) < 4.78 is 0. The molecule has 1 heterocycles. The summed E-state index contributed by atoms with van der Waals surface area (Å²) in [5.41, 5.74) is 0. The van der Waals surface area contributed by atoms with E-state index in [-0.39, 0.29) is 0 Å². The van der Waals surface area contributed by atoms with Gasteiger partial charge in [-0.05, 0) is 31.2 Å². The lowest BCUT2D eigenvalue weighted by molar-refractivity contribution is 0.286. The number of halogens is 1. The molecule has 0 aliphatic carbocycles. The molecule has 2 heteroatoms. The standard InChI is InChI=1S/C10H20BrN/c1-9(2)7-12-6-4-10(8-12)3-5-11/h9-10H,3-8H2,1-2H3. The summed E-state index contributed by atoms with van der Waals surface area (Å²) in [6, 6.07) is 0. The average Bonchev–Trinajstić information content (AvgIpc) is 2.36. The fourth-order valence-electron chi connectivity index (χ4n) is 1.99. The van der Waals surface area contributed by atoms with Crippen LogP contribution in [0.3, 0.4) is 0 Å². The Morgan fingerprint density at radius 3 is 2.83 bits per heavy atom. The molecule has 0 radical (unpaired) electrons. The molecule has 1 nitrogen and oxygen atoms in total. The fraction of sp³-hybridized carbons (Fsp3) is 1.00. The Bertz CT molecular complexity index is 125. The van der Waals surface area contributed by atoms with Crippen LogP contribution in [-0.2, 0) is 0 Å². The van der Waals surface area contributed by atoms with Crippen LogP contribution < -0.4 is 0 Å². The van der Waals surface area contributed by atoms with E-state index in [2.05, 4.69) is 34.7 Å². The van der Waals surface area contributed by atoms with Gasteiger partial charge in [0, 0.05) is 18.4 Å². The van der Waals surface area contributed by atoms with E-state index in [9.17, 15) is 0 Å². The second kappa shape index (κ2) is 5.23. The molecule has 0 aromatic heterocycles. The van der Waals surface area contributed by atoms with Crippen LogP contribution in [0.5, 0.6) is 0 Å². The lowest BCUT2D eigenvalue weighted by Gasteiger charge is -2.17. The first-order valence-corrected chi connectivity index (χ1v) is 6.13. The van der Waals surface area contributed by atoms with E-state index in [1.54, 1.807) is 0 Å². The summed E-state index contributed by atoms with van der Waals surface area (Å²) >= 11 is 3.51. The molecule has 72 valence electrons. The van der Waals surface area contributed by atoms with Gasteiger partial charge in [0.05, 0.1) is 0 Å². The molecule has 12 heavy (non-hydrogen) atoms. The number of alkyl halides is 1. The van der Waals surface area contributed by atoms with Gasteiger partial charge in [0.1, 0.15) is 0 Å². The van der Waals surface area contributed by atoms with Gasteiger partial charge >= 0.3 is 0 Å². The largest absolute Gasteiger partial charge is 0.303 e. The number of rotatable bonds is 4. The molecule has 1 aliphatic rings. The van der Waals surface area contributed by atoms with Crippen molar-refractivity contribution in [2.75, 3.05) is 25.0 Å². The zero-order chi connectivity index (χ0) is 8.97. The number of hydrogen-bond acceptors (Lipinski definition) is 1. The first-order valence-electron chi connectivity index (χ1n) is 5.00. The summed E-state index contributed by atoms with van der Waals surface area (Å²) in [6.07, 6.45) is 2.77. The Balaban J connectivity index is 2.16. The zero-order valence-electron chi connectivity index (χ0n) is 8.22. The van der Waals surface area contributed by atoms with Gasteiger partial charge in [-0.2, -0.15) is 0 Å². The average molecular weight is 234 g/mol. The maximum absolute atomic E-state index is 3.51. The van der Waals surface area contributed by atoms with Crippen LogP contribution in [0.15, 0.2) is 0 Å². The first-order chi connectivity index (χ1) is 5.72. The highest BCUT2D eigenvalue weighted by molar-refractivity contribution is 9.09. The second-order valence-electron chi connectivity index (χ2n) is 4.29. The van der Waals surface area contributed by atoms with Gasteiger partial charge in [-0.25, -0.2) is 0 Å². The molecular formula is C10H20BrN. The molecule has 1 atom stereocenters. The zero-order valence-corrected chi connectivity index (χ0v) is 9.81. The van der Waals surface area contributed by atoms with E-state index in [1.165, 1.54) is 37.8 Å². The summed E-state index contributed by atoms with van der Waals surface area (Å²) in [4.78, 5) is 2.61. The van der Waals surface area contributed by atoms with Crippen molar-refractivity contribution in [3.63, 3.8) is 0 Å².